The van der Waals surface area contributed by atoms with Crippen LogP contribution in [0, 0.1) is 5.92 Å². The minimum Gasteiger partial charge on any atom is -0.316 e. The molecule has 0 radical (unpaired) electrons. The second-order valence-electron chi connectivity index (χ2n) is 5.71. The van der Waals surface area contributed by atoms with Crippen molar-refractivity contribution in [3.8, 4) is 0 Å². The van der Waals surface area contributed by atoms with E-state index in [1.54, 1.807) is 10.4 Å². The molecule has 0 fully saturated rings. The number of thiophene rings is 1. The minimum atomic E-state index is 0.616. The summed E-state index contributed by atoms with van der Waals surface area (Å²) in [5.41, 5.74) is 1.57. The molecular formula is C15H26N2S. The van der Waals surface area contributed by atoms with Crippen LogP contribution in [0.15, 0.2) is 11.4 Å². The smallest absolute Gasteiger partial charge is 0.0331 e. The molecule has 1 atom stereocenters. The van der Waals surface area contributed by atoms with Crippen LogP contribution in [-0.2, 0) is 6.42 Å². The van der Waals surface area contributed by atoms with Gasteiger partial charge < -0.3 is 5.32 Å². The second kappa shape index (κ2) is 6.69. The molecule has 0 bridgehead atoms. The predicted octanol–water partition coefficient (Wildman–Crippen LogP) is 3.30. The van der Waals surface area contributed by atoms with Crippen LogP contribution in [0.1, 0.15) is 43.7 Å². The van der Waals surface area contributed by atoms with Gasteiger partial charge in [0.05, 0.1) is 0 Å². The molecule has 0 aromatic carbocycles. The molecule has 18 heavy (non-hydrogen) atoms. The fourth-order valence-corrected chi connectivity index (χ4v) is 3.63. The first-order valence-corrected chi connectivity index (χ1v) is 8.07. The predicted molar refractivity (Wildman–Crippen MR) is 80.3 cm³/mol. The quantitative estimate of drug-likeness (QED) is 0.795. The summed E-state index contributed by atoms with van der Waals surface area (Å²) in [6.07, 6.45) is 2.51. The van der Waals surface area contributed by atoms with E-state index in [0.29, 0.717) is 6.04 Å². The summed E-state index contributed by atoms with van der Waals surface area (Å²) >= 11 is 1.93. The van der Waals surface area contributed by atoms with Crippen molar-refractivity contribution in [3.63, 3.8) is 0 Å². The van der Waals surface area contributed by atoms with Gasteiger partial charge in [0.1, 0.15) is 0 Å². The third-order valence-electron chi connectivity index (χ3n) is 3.76. The lowest BCUT2D eigenvalue weighted by Crippen LogP contribution is -2.35. The van der Waals surface area contributed by atoms with Gasteiger partial charge in [0.15, 0.2) is 0 Å². The second-order valence-corrected chi connectivity index (χ2v) is 6.71. The van der Waals surface area contributed by atoms with Crippen LogP contribution >= 0.6 is 11.3 Å². The maximum Gasteiger partial charge on any atom is 0.0331 e. The molecule has 1 aliphatic heterocycles. The molecule has 1 aliphatic rings. The first kappa shape index (κ1) is 14.0. The molecule has 0 saturated heterocycles. The molecule has 1 aromatic heterocycles. The van der Waals surface area contributed by atoms with Crippen LogP contribution in [0.4, 0.5) is 0 Å². The number of hydrogen-bond acceptors (Lipinski definition) is 3. The first-order chi connectivity index (χ1) is 8.68. The van der Waals surface area contributed by atoms with Gasteiger partial charge in [0.25, 0.3) is 0 Å². The maximum atomic E-state index is 3.53. The fourth-order valence-electron chi connectivity index (χ4n) is 2.66. The fraction of sp³-hybridized carbons (Fsp3) is 0.733. The highest BCUT2D eigenvalue weighted by Gasteiger charge is 2.23. The lowest BCUT2D eigenvalue weighted by Gasteiger charge is -2.33. The van der Waals surface area contributed by atoms with Crippen LogP contribution in [0.25, 0.3) is 0 Å². The average Bonchev–Trinajstić information content (AvgIpc) is 2.80. The summed E-state index contributed by atoms with van der Waals surface area (Å²) in [6.45, 7) is 11.6. The summed E-state index contributed by atoms with van der Waals surface area (Å²) < 4.78 is 0. The molecular weight excluding hydrogens is 240 g/mol. The molecule has 2 heterocycles. The lowest BCUT2D eigenvalue weighted by molar-refractivity contribution is 0.197. The summed E-state index contributed by atoms with van der Waals surface area (Å²) in [4.78, 5) is 4.24. The zero-order chi connectivity index (χ0) is 13.0. The van der Waals surface area contributed by atoms with Crippen LogP contribution in [0.5, 0.6) is 0 Å². The van der Waals surface area contributed by atoms with Gasteiger partial charge in [0.2, 0.25) is 0 Å². The van der Waals surface area contributed by atoms with Crippen molar-refractivity contribution < 1.29 is 0 Å². The molecule has 102 valence electrons. The van der Waals surface area contributed by atoms with Gasteiger partial charge in [-0.05, 0) is 62.3 Å². The third kappa shape index (κ3) is 3.56. The minimum absolute atomic E-state index is 0.616. The molecule has 1 aromatic rings. The zero-order valence-corrected chi connectivity index (χ0v) is 12.7. The van der Waals surface area contributed by atoms with Crippen molar-refractivity contribution in [2.75, 3.05) is 26.2 Å². The Labute approximate surface area is 115 Å². The number of nitrogens with one attached hydrogen (secondary N) is 1. The Morgan fingerprint density at radius 1 is 1.50 bits per heavy atom. The van der Waals surface area contributed by atoms with E-state index in [-0.39, 0.29) is 0 Å². The van der Waals surface area contributed by atoms with Crippen LogP contribution < -0.4 is 5.32 Å². The normalized spacial score (nSPS) is 20.3. The molecule has 0 spiro atoms. The van der Waals surface area contributed by atoms with Crippen molar-refractivity contribution in [1.29, 1.82) is 0 Å². The lowest BCUT2D eigenvalue weighted by atomic mass is 10.0. The average molecular weight is 266 g/mol. The monoisotopic (exact) mass is 266 g/mol. The van der Waals surface area contributed by atoms with Crippen LogP contribution in [-0.4, -0.2) is 31.1 Å². The van der Waals surface area contributed by atoms with Gasteiger partial charge in [-0.3, -0.25) is 4.90 Å². The van der Waals surface area contributed by atoms with Crippen LogP contribution in [0.2, 0.25) is 0 Å². The van der Waals surface area contributed by atoms with Gasteiger partial charge in [-0.15, -0.1) is 11.3 Å². The highest BCUT2D eigenvalue weighted by molar-refractivity contribution is 7.10. The summed E-state index contributed by atoms with van der Waals surface area (Å²) in [5.74, 6) is 0.757. The largest absolute Gasteiger partial charge is 0.316 e. The van der Waals surface area contributed by atoms with E-state index in [1.807, 2.05) is 11.3 Å². The Hall–Kier alpha value is -0.380. The molecule has 0 saturated carbocycles. The van der Waals surface area contributed by atoms with Crippen molar-refractivity contribution in [1.82, 2.24) is 10.2 Å². The number of nitrogens with zero attached hydrogens (tertiary/aromatic N) is 1. The van der Waals surface area contributed by atoms with Crippen molar-refractivity contribution in [3.05, 3.63) is 21.9 Å². The molecule has 2 rings (SSSR count). The Balaban J connectivity index is 1.72. The van der Waals surface area contributed by atoms with E-state index < -0.39 is 0 Å². The Morgan fingerprint density at radius 2 is 2.33 bits per heavy atom. The summed E-state index contributed by atoms with van der Waals surface area (Å²) in [5, 5.41) is 5.77. The van der Waals surface area contributed by atoms with E-state index >= 15 is 0 Å². The molecule has 0 aliphatic carbocycles. The number of rotatable bonds is 6. The van der Waals surface area contributed by atoms with Gasteiger partial charge >= 0.3 is 0 Å². The van der Waals surface area contributed by atoms with E-state index in [2.05, 4.69) is 42.4 Å². The van der Waals surface area contributed by atoms with E-state index in [4.69, 9.17) is 0 Å². The number of fused-ring (bicyclic) bond motifs is 1. The van der Waals surface area contributed by atoms with E-state index in [1.165, 1.54) is 25.9 Å². The first-order valence-electron chi connectivity index (χ1n) is 7.19. The standard InChI is InChI=1S/C15H26N2S/c1-12(2)11-16-7-4-8-17-9-5-15-14(13(17)3)6-10-18-15/h6,10,12-13,16H,4-5,7-9,11H2,1-3H3. The maximum absolute atomic E-state index is 3.53. The highest BCUT2D eigenvalue weighted by Crippen LogP contribution is 2.32. The van der Waals surface area contributed by atoms with Crippen molar-refractivity contribution >= 4 is 11.3 Å². The Morgan fingerprint density at radius 3 is 3.11 bits per heavy atom. The third-order valence-corrected chi connectivity index (χ3v) is 4.75. The Kier molecular flexibility index (Phi) is 5.22. The molecule has 2 nitrogen and oxygen atoms in total. The number of hydrogen-bond donors (Lipinski definition) is 1. The summed E-state index contributed by atoms with van der Waals surface area (Å²) in [7, 11) is 0. The molecule has 1 N–H and O–H groups in total. The van der Waals surface area contributed by atoms with Crippen molar-refractivity contribution in [2.45, 2.75) is 39.7 Å². The van der Waals surface area contributed by atoms with Gasteiger partial charge in [0, 0.05) is 17.5 Å². The SMILES string of the molecule is CC(C)CNCCCN1CCc2sccc2C1C. The van der Waals surface area contributed by atoms with Crippen molar-refractivity contribution in [2.24, 2.45) is 5.92 Å². The Bertz CT molecular complexity index is 359. The molecule has 0 amide bonds. The van der Waals surface area contributed by atoms with Gasteiger partial charge in [-0.2, -0.15) is 0 Å². The van der Waals surface area contributed by atoms with E-state index in [0.717, 1.165) is 19.0 Å². The molecule has 1 unspecified atom stereocenters. The zero-order valence-electron chi connectivity index (χ0n) is 11.9. The summed E-state index contributed by atoms with van der Waals surface area (Å²) in [6, 6.07) is 2.93. The highest BCUT2D eigenvalue weighted by atomic mass is 32.1. The van der Waals surface area contributed by atoms with Gasteiger partial charge in [-0.25, -0.2) is 0 Å². The van der Waals surface area contributed by atoms with Gasteiger partial charge in [-0.1, -0.05) is 13.8 Å². The molecule has 3 heteroatoms. The van der Waals surface area contributed by atoms with E-state index in [9.17, 15) is 0 Å². The topological polar surface area (TPSA) is 15.3 Å². The van der Waals surface area contributed by atoms with Crippen LogP contribution in [0.3, 0.4) is 0 Å².